The highest BCUT2D eigenvalue weighted by atomic mass is 16.6. The van der Waals surface area contributed by atoms with Crippen molar-refractivity contribution in [1.29, 1.82) is 5.26 Å². The van der Waals surface area contributed by atoms with Crippen LogP contribution in [-0.4, -0.2) is 16.2 Å². The van der Waals surface area contributed by atoms with Gasteiger partial charge in [0.25, 0.3) is 0 Å². The number of rotatable bonds is 2. The first kappa shape index (κ1) is 8.80. The van der Waals surface area contributed by atoms with E-state index in [4.69, 9.17) is 5.26 Å². The summed E-state index contributed by atoms with van der Waals surface area (Å²) in [6, 6.07) is 3.88. The third-order valence-electron chi connectivity index (χ3n) is 1.27. The third kappa shape index (κ3) is 1.84. The van der Waals surface area contributed by atoms with Gasteiger partial charge in [-0.1, -0.05) is 0 Å². The third-order valence-corrected chi connectivity index (χ3v) is 1.27. The molecule has 1 heterocycles. The van der Waals surface area contributed by atoms with E-state index in [2.05, 4.69) is 4.98 Å². The van der Waals surface area contributed by atoms with E-state index in [1.807, 2.05) is 0 Å². The number of pyridine rings is 1. The van der Waals surface area contributed by atoms with Crippen LogP contribution in [0.1, 0.15) is 16.1 Å². The molecule has 0 spiro atoms. The number of hydrogen-bond donors (Lipinski definition) is 0. The number of nitriles is 1. The van der Waals surface area contributed by atoms with Gasteiger partial charge >= 0.3 is 5.82 Å². The van der Waals surface area contributed by atoms with Crippen molar-refractivity contribution in [2.24, 2.45) is 0 Å². The van der Waals surface area contributed by atoms with Crippen LogP contribution < -0.4 is 0 Å². The predicted octanol–water partition coefficient (Wildman–Crippen LogP) is 0.674. The molecule has 0 aliphatic heterocycles. The van der Waals surface area contributed by atoms with Crippen LogP contribution in [0.2, 0.25) is 0 Å². The number of carbonyl (C=O) groups is 1. The molecule has 0 aromatic carbocycles. The highest BCUT2D eigenvalue weighted by molar-refractivity contribution is 5.73. The first-order chi connectivity index (χ1) is 6.17. The molecule has 1 aromatic rings. The lowest BCUT2D eigenvalue weighted by atomic mass is 10.2. The Hall–Kier alpha value is -2.29. The number of nitrogens with zero attached hydrogens (tertiary/aromatic N) is 3. The minimum atomic E-state index is -0.756. The average molecular weight is 177 g/mol. The summed E-state index contributed by atoms with van der Waals surface area (Å²) in [4.78, 5) is 23.1. The fraction of sp³-hybridized carbons (Fsp3) is 0. The second-order valence-electron chi connectivity index (χ2n) is 2.13. The lowest BCUT2D eigenvalue weighted by molar-refractivity contribution is -0.389. The highest BCUT2D eigenvalue weighted by Crippen LogP contribution is 2.10. The van der Waals surface area contributed by atoms with E-state index in [9.17, 15) is 14.9 Å². The van der Waals surface area contributed by atoms with Crippen LogP contribution in [0, 0.1) is 21.4 Å². The van der Waals surface area contributed by atoms with Crippen LogP contribution >= 0.6 is 0 Å². The summed E-state index contributed by atoms with van der Waals surface area (Å²) < 4.78 is 0. The minimum absolute atomic E-state index is 0.0452. The Morgan fingerprint density at radius 1 is 1.62 bits per heavy atom. The van der Waals surface area contributed by atoms with E-state index in [0.29, 0.717) is 6.29 Å². The molecule has 64 valence electrons. The van der Waals surface area contributed by atoms with Crippen molar-refractivity contribution in [3.63, 3.8) is 0 Å². The van der Waals surface area contributed by atoms with Crippen molar-refractivity contribution in [1.82, 2.24) is 4.98 Å². The normalized spacial score (nSPS) is 8.85. The number of aldehydes is 1. The Bertz CT molecular complexity index is 408. The van der Waals surface area contributed by atoms with E-state index < -0.39 is 10.7 Å². The van der Waals surface area contributed by atoms with Crippen molar-refractivity contribution in [3.8, 4) is 6.07 Å². The van der Waals surface area contributed by atoms with Gasteiger partial charge in [-0.15, -0.1) is 0 Å². The van der Waals surface area contributed by atoms with E-state index in [0.717, 1.165) is 6.07 Å². The van der Waals surface area contributed by atoms with E-state index >= 15 is 0 Å². The smallest absolute Gasteiger partial charge is 0.358 e. The quantitative estimate of drug-likeness (QED) is 0.375. The van der Waals surface area contributed by atoms with Crippen molar-refractivity contribution in [2.75, 3.05) is 0 Å². The highest BCUT2D eigenvalue weighted by Gasteiger charge is 2.12. The lowest BCUT2D eigenvalue weighted by Crippen LogP contribution is -1.96. The van der Waals surface area contributed by atoms with Crippen molar-refractivity contribution < 1.29 is 9.72 Å². The molecule has 1 aromatic heterocycles. The summed E-state index contributed by atoms with van der Waals surface area (Å²) >= 11 is 0. The topological polar surface area (TPSA) is 96.9 Å². The summed E-state index contributed by atoms with van der Waals surface area (Å²) in [6.07, 6.45) is 0.355. The van der Waals surface area contributed by atoms with Crippen LogP contribution in [-0.2, 0) is 0 Å². The molecule has 6 heteroatoms. The molecule has 0 fully saturated rings. The standard InChI is InChI=1S/C7H3N3O3/c8-3-5-1-6(4-11)9-7(2-5)10(12)13/h1-2,4H. The fourth-order valence-electron chi connectivity index (χ4n) is 0.755. The molecular formula is C7H3N3O3. The van der Waals surface area contributed by atoms with Gasteiger partial charge in [-0.05, 0) is 9.91 Å². The summed E-state index contributed by atoms with van der Waals surface area (Å²) in [5.74, 6) is -0.499. The molecule has 0 radical (unpaired) electrons. The minimum Gasteiger partial charge on any atom is -0.358 e. The maximum Gasteiger partial charge on any atom is 0.365 e. The summed E-state index contributed by atoms with van der Waals surface area (Å²) in [6.45, 7) is 0. The zero-order chi connectivity index (χ0) is 9.84. The Balaban J connectivity index is 3.32. The number of carbonyl (C=O) groups excluding carboxylic acids is 1. The molecule has 0 N–H and O–H groups in total. The summed E-state index contributed by atoms with van der Waals surface area (Å²) in [5.41, 5.74) is -0.0745. The number of nitro groups is 1. The first-order valence-corrected chi connectivity index (χ1v) is 3.19. The van der Waals surface area contributed by atoms with E-state index in [-0.39, 0.29) is 11.3 Å². The monoisotopic (exact) mass is 177 g/mol. The Morgan fingerprint density at radius 2 is 2.31 bits per heavy atom. The zero-order valence-electron chi connectivity index (χ0n) is 6.30. The maximum absolute atomic E-state index is 10.3. The molecule has 0 saturated heterocycles. The SMILES string of the molecule is N#Cc1cc(C=O)nc([N+](=O)[O-])c1. The fourth-order valence-corrected chi connectivity index (χ4v) is 0.755. The molecule has 0 amide bonds. The average Bonchev–Trinajstić information content (AvgIpc) is 2.16. The first-order valence-electron chi connectivity index (χ1n) is 3.19. The molecule has 1 rings (SSSR count). The molecule has 6 nitrogen and oxygen atoms in total. The molecule has 13 heavy (non-hydrogen) atoms. The maximum atomic E-state index is 10.3. The zero-order valence-corrected chi connectivity index (χ0v) is 6.30. The molecular weight excluding hydrogens is 174 g/mol. The Morgan fingerprint density at radius 3 is 2.77 bits per heavy atom. The van der Waals surface area contributed by atoms with Crippen molar-refractivity contribution in [2.45, 2.75) is 0 Å². The van der Waals surface area contributed by atoms with Gasteiger partial charge in [-0.2, -0.15) is 5.26 Å². The molecule has 0 atom stereocenters. The molecule has 0 bridgehead atoms. The van der Waals surface area contributed by atoms with Crippen LogP contribution in [0.3, 0.4) is 0 Å². The second-order valence-corrected chi connectivity index (χ2v) is 2.13. The lowest BCUT2D eigenvalue weighted by Gasteiger charge is -1.92. The molecule has 0 unspecified atom stereocenters. The Kier molecular flexibility index (Phi) is 2.31. The largest absolute Gasteiger partial charge is 0.365 e. The van der Waals surface area contributed by atoms with Gasteiger partial charge in [-0.25, -0.2) is 0 Å². The van der Waals surface area contributed by atoms with Gasteiger partial charge in [0.1, 0.15) is 0 Å². The predicted molar refractivity (Wildman–Crippen MR) is 41.0 cm³/mol. The number of aromatic nitrogens is 1. The van der Waals surface area contributed by atoms with Crippen LogP contribution in [0.25, 0.3) is 0 Å². The van der Waals surface area contributed by atoms with Gasteiger partial charge in [0, 0.05) is 6.07 Å². The van der Waals surface area contributed by atoms with Crippen molar-refractivity contribution >= 4 is 12.1 Å². The van der Waals surface area contributed by atoms with Gasteiger partial charge in [0.05, 0.1) is 17.7 Å². The molecule has 0 aliphatic carbocycles. The second kappa shape index (κ2) is 3.40. The van der Waals surface area contributed by atoms with E-state index in [1.54, 1.807) is 6.07 Å². The van der Waals surface area contributed by atoms with Crippen molar-refractivity contribution in [3.05, 3.63) is 33.5 Å². The Labute approximate surface area is 72.6 Å². The van der Waals surface area contributed by atoms with Gasteiger partial charge in [-0.3, -0.25) is 4.79 Å². The van der Waals surface area contributed by atoms with E-state index in [1.165, 1.54) is 6.07 Å². The van der Waals surface area contributed by atoms with Crippen LogP contribution in [0.4, 0.5) is 5.82 Å². The van der Waals surface area contributed by atoms with Crippen LogP contribution in [0.15, 0.2) is 12.1 Å². The number of hydrogen-bond acceptors (Lipinski definition) is 5. The van der Waals surface area contributed by atoms with Gasteiger partial charge in [0.15, 0.2) is 6.29 Å². The van der Waals surface area contributed by atoms with Crippen LogP contribution in [0.5, 0.6) is 0 Å². The summed E-state index contributed by atoms with van der Waals surface area (Å²) in [5, 5.41) is 18.7. The molecule has 0 aliphatic rings. The molecule has 0 saturated carbocycles. The summed E-state index contributed by atoms with van der Waals surface area (Å²) in [7, 11) is 0. The van der Waals surface area contributed by atoms with Gasteiger partial charge < -0.3 is 10.1 Å². The van der Waals surface area contributed by atoms with Gasteiger partial charge in [0.2, 0.25) is 5.69 Å².